The van der Waals surface area contributed by atoms with E-state index in [1.54, 1.807) is 0 Å². The number of carbonyl (C=O) groups is 1. The quantitative estimate of drug-likeness (QED) is 0.866. The number of rotatable bonds is 5. The maximum atomic E-state index is 11.9. The molecule has 0 bridgehead atoms. The molecule has 0 aliphatic carbocycles. The molecule has 0 spiro atoms. The second-order valence-electron chi connectivity index (χ2n) is 5.61. The minimum Gasteiger partial charge on any atom is -0.355 e. The zero-order chi connectivity index (χ0) is 14.4. The summed E-state index contributed by atoms with van der Waals surface area (Å²) in [6, 6.07) is 8.93. The van der Waals surface area contributed by atoms with Crippen LogP contribution in [0.4, 0.5) is 0 Å². The van der Waals surface area contributed by atoms with Crippen molar-refractivity contribution in [2.24, 2.45) is 0 Å². The maximum absolute atomic E-state index is 11.9. The molecular formula is C17H26N2O. The number of hydrogen-bond donors (Lipinski definition) is 2. The van der Waals surface area contributed by atoms with Gasteiger partial charge in [0, 0.05) is 6.54 Å². The zero-order valence-electron chi connectivity index (χ0n) is 12.6. The van der Waals surface area contributed by atoms with Crippen LogP contribution in [0.15, 0.2) is 24.3 Å². The van der Waals surface area contributed by atoms with E-state index in [0.717, 1.165) is 25.8 Å². The zero-order valence-corrected chi connectivity index (χ0v) is 12.6. The van der Waals surface area contributed by atoms with Crippen LogP contribution in [0.1, 0.15) is 50.2 Å². The molecule has 1 fully saturated rings. The molecule has 1 heterocycles. The number of nitrogens with one attached hydrogen (secondary N) is 2. The number of aryl methyl sites for hydroxylation is 1. The number of carbonyl (C=O) groups excluding carboxylic acids is 1. The Kier molecular flexibility index (Phi) is 5.60. The summed E-state index contributed by atoms with van der Waals surface area (Å²) >= 11 is 0. The molecule has 110 valence electrons. The van der Waals surface area contributed by atoms with Crippen LogP contribution in [0.3, 0.4) is 0 Å². The van der Waals surface area contributed by atoms with E-state index < -0.39 is 0 Å². The first-order valence-electron chi connectivity index (χ1n) is 7.84. The van der Waals surface area contributed by atoms with E-state index in [4.69, 9.17) is 0 Å². The van der Waals surface area contributed by atoms with Crippen LogP contribution in [-0.2, 0) is 11.2 Å². The lowest BCUT2D eigenvalue weighted by Gasteiger charge is -2.29. The lowest BCUT2D eigenvalue weighted by Crippen LogP contribution is -2.48. The molecular weight excluding hydrogens is 248 g/mol. The fourth-order valence-corrected chi connectivity index (χ4v) is 2.96. The van der Waals surface area contributed by atoms with E-state index >= 15 is 0 Å². The van der Waals surface area contributed by atoms with Crippen LogP contribution in [0.25, 0.3) is 0 Å². The summed E-state index contributed by atoms with van der Waals surface area (Å²) in [5.41, 5.74) is 2.78. The van der Waals surface area contributed by atoms with Crippen molar-refractivity contribution in [2.75, 3.05) is 13.1 Å². The Hall–Kier alpha value is -1.35. The van der Waals surface area contributed by atoms with E-state index in [-0.39, 0.29) is 11.9 Å². The molecule has 3 nitrogen and oxygen atoms in total. The standard InChI is InChI=1S/C17H26N2O/c1-3-5-13-6-8-14(9-7-13)15-10-11-19-16(12-15)17(20)18-4-2/h6-9,15-16,19H,3-5,10-12H2,1-2H3,(H,18,20). The van der Waals surface area contributed by atoms with Gasteiger partial charge in [0.15, 0.2) is 0 Å². The van der Waals surface area contributed by atoms with Crippen LogP contribution in [0.5, 0.6) is 0 Å². The molecule has 2 unspecified atom stereocenters. The topological polar surface area (TPSA) is 41.1 Å². The van der Waals surface area contributed by atoms with Gasteiger partial charge in [-0.05, 0) is 49.8 Å². The molecule has 1 saturated heterocycles. The normalized spacial score (nSPS) is 22.5. The molecule has 20 heavy (non-hydrogen) atoms. The maximum Gasteiger partial charge on any atom is 0.237 e. The van der Waals surface area contributed by atoms with E-state index in [0.29, 0.717) is 12.5 Å². The summed E-state index contributed by atoms with van der Waals surface area (Å²) in [5.74, 6) is 0.638. The number of hydrogen-bond acceptors (Lipinski definition) is 2. The van der Waals surface area contributed by atoms with Crippen molar-refractivity contribution in [1.82, 2.24) is 10.6 Å². The summed E-state index contributed by atoms with van der Waals surface area (Å²) in [7, 11) is 0. The van der Waals surface area contributed by atoms with Gasteiger partial charge in [-0.3, -0.25) is 4.79 Å². The van der Waals surface area contributed by atoms with Crippen molar-refractivity contribution in [3.8, 4) is 0 Å². The Balaban J connectivity index is 1.99. The van der Waals surface area contributed by atoms with Gasteiger partial charge in [-0.2, -0.15) is 0 Å². The Morgan fingerprint density at radius 2 is 2.05 bits per heavy atom. The molecule has 1 aliphatic heterocycles. The van der Waals surface area contributed by atoms with Crippen molar-refractivity contribution in [2.45, 2.75) is 51.5 Å². The highest BCUT2D eigenvalue weighted by Crippen LogP contribution is 2.28. The highest BCUT2D eigenvalue weighted by molar-refractivity contribution is 5.81. The van der Waals surface area contributed by atoms with Crippen LogP contribution in [0, 0.1) is 0 Å². The molecule has 3 heteroatoms. The van der Waals surface area contributed by atoms with Crippen LogP contribution in [0.2, 0.25) is 0 Å². The van der Waals surface area contributed by atoms with Gasteiger partial charge in [0.25, 0.3) is 0 Å². The van der Waals surface area contributed by atoms with Gasteiger partial charge in [0.05, 0.1) is 6.04 Å². The van der Waals surface area contributed by atoms with Gasteiger partial charge in [-0.25, -0.2) is 0 Å². The average Bonchev–Trinajstić information content (AvgIpc) is 2.49. The third-order valence-corrected chi connectivity index (χ3v) is 4.06. The second kappa shape index (κ2) is 7.44. The van der Waals surface area contributed by atoms with Crippen molar-refractivity contribution in [3.05, 3.63) is 35.4 Å². The first kappa shape index (κ1) is 15.0. The minimum absolute atomic E-state index is 0.0379. The molecule has 1 aromatic carbocycles. The molecule has 0 aromatic heterocycles. The molecule has 0 radical (unpaired) electrons. The van der Waals surface area contributed by atoms with E-state index in [9.17, 15) is 4.79 Å². The SMILES string of the molecule is CCCc1ccc(C2CCNC(C(=O)NCC)C2)cc1. The number of amides is 1. The lowest BCUT2D eigenvalue weighted by atomic mass is 9.85. The second-order valence-corrected chi connectivity index (χ2v) is 5.61. The predicted octanol–water partition coefficient (Wildman–Crippen LogP) is 2.61. The highest BCUT2D eigenvalue weighted by atomic mass is 16.2. The van der Waals surface area contributed by atoms with Crippen molar-refractivity contribution in [3.63, 3.8) is 0 Å². The van der Waals surface area contributed by atoms with Crippen molar-refractivity contribution < 1.29 is 4.79 Å². The Bertz CT molecular complexity index is 427. The molecule has 1 aliphatic rings. The monoisotopic (exact) mass is 274 g/mol. The van der Waals surface area contributed by atoms with Crippen molar-refractivity contribution >= 4 is 5.91 Å². The molecule has 0 saturated carbocycles. The third-order valence-electron chi connectivity index (χ3n) is 4.06. The summed E-state index contributed by atoms with van der Waals surface area (Å²) in [4.78, 5) is 11.9. The summed E-state index contributed by atoms with van der Waals surface area (Å²) < 4.78 is 0. The van der Waals surface area contributed by atoms with Crippen LogP contribution < -0.4 is 10.6 Å². The Labute approximate surface area is 122 Å². The number of likely N-dealkylation sites (N-methyl/N-ethyl adjacent to an activating group) is 1. The lowest BCUT2D eigenvalue weighted by molar-refractivity contribution is -0.123. The number of piperidine rings is 1. The van der Waals surface area contributed by atoms with Gasteiger partial charge in [0.2, 0.25) is 5.91 Å². The smallest absolute Gasteiger partial charge is 0.237 e. The fourth-order valence-electron chi connectivity index (χ4n) is 2.96. The van der Waals surface area contributed by atoms with Gasteiger partial charge in [-0.1, -0.05) is 37.6 Å². The largest absolute Gasteiger partial charge is 0.355 e. The average molecular weight is 274 g/mol. The number of benzene rings is 1. The molecule has 1 aromatic rings. The van der Waals surface area contributed by atoms with E-state index in [1.807, 2.05) is 6.92 Å². The first-order valence-corrected chi connectivity index (χ1v) is 7.84. The summed E-state index contributed by atoms with van der Waals surface area (Å²) in [6.07, 6.45) is 4.35. The minimum atomic E-state index is -0.0379. The summed E-state index contributed by atoms with van der Waals surface area (Å²) in [6.45, 7) is 5.79. The van der Waals surface area contributed by atoms with Crippen LogP contribution in [-0.4, -0.2) is 25.0 Å². The first-order chi connectivity index (χ1) is 9.74. The van der Waals surface area contributed by atoms with Gasteiger partial charge in [0.1, 0.15) is 0 Å². The highest BCUT2D eigenvalue weighted by Gasteiger charge is 2.27. The molecule has 2 N–H and O–H groups in total. The van der Waals surface area contributed by atoms with Gasteiger partial charge in [-0.15, -0.1) is 0 Å². The molecule has 2 atom stereocenters. The van der Waals surface area contributed by atoms with E-state index in [1.165, 1.54) is 17.5 Å². The summed E-state index contributed by atoms with van der Waals surface area (Å²) in [5, 5.41) is 6.23. The van der Waals surface area contributed by atoms with Gasteiger partial charge < -0.3 is 10.6 Å². The van der Waals surface area contributed by atoms with E-state index in [2.05, 4.69) is 41.8 Å². The fraction of sp³-hybridized carbons (Fsp3) is 0.588. The molecule has 2 rings (SSSR count). The third kappa shape index (κ3) is 3.83. The predicted molar refractivity (Wildman–Crippen MR) is 82.9 cm³/mol. The van der Waals surface area contributed by atoms with Crippen molar-refractivity contribution in [1.29, 1.82) is 0 Å². The van der Waals surface area contributed by atoms with Gasteiger partial charge >= 0.3 is 0 Å². The Morgan fingerprint density at radius 3 is 2.70 bits per heavy atom. The molecule has 1 amide bonds. The van der Waals surface area contributed by atoms with Crippen LogP contribution >= 0.6 is 0 Å². The Morgan fingerprint density at radius 1 is 1.30 bits per heavy atom.